The van der Waals surface area contributed by atoms with Crippen LogP contribution in [-0.2, 0) is 19.4 Å². The number of fused-ring (bicyclic) bond motifs is 1. The van der Waals surface area contributed by atoms with Crippen LogP contribution in [0, 0.1) is 0 Å². The number of halogens is 1. The highest BCUT2D eigenvalue weighted by Crippen LogP contribution is 2.27. The van der Waals surface area contributed by atoms with E-state index in [-0.39, 0.29) is 24.0 Å². The number of guanidine groups is 1. The summed E-state index contributed by atoms with van der Waals surface area (Å²) in [4.78, 5) is 10.9. The fraction of sp³-hybridized carbons (Fsp3) is 0.368. The molecule has 3 rings (SSSR count). The minimum Gasteiger partial charge on any atom is -0.370 e. The van der Waals surface area contributed by atoms with Gasteiger partial charge in [0.05, 0.1) is 6.54 Å². The van der Waals surface area contributed by atoms with Crippen LogP contribution in [0.4, 0.5) is 11.5 Å². The van der Waals surface area contributed by atoms with E-state index in [9.17, 15) is 0 Å². The van der Waals surface area contributed by atoms with Gasteiger partial charge in [0.2, 0.25) is 0 Å². The summed E-state index contributed by atoms with van der Waals surface area (Å²) < 4.78 is 0. The molecule has 0 amide bonds. The number of benzene rings is 1. The van der Waals surface area contributed by atoms with Gasteiger partial charge in [0.15, 0.2) is 5.96 Å². The normalized spacial score (nSPS) is 13.6. The van der Waals surface area contributed by atoms with Crippen LogP contribution >= 0.6 is 24.0 Å². The van der Waals surface area contributed by atoms with E-state index in [0.29, 0.717) is 12.5 Å². The summed E-state index contributed by atoms with van der Waals surface area (Å²) in [6.45, 7) is 0.509. The Hall–Kier alpha value is -1.83. The summed E-state index contributed by atoms with van der Waals surface area (Å²) in [7, 11) is 3.96. The van der Waals surface area contributed by atoms with Gasteiger partial charge in [-0.15, -0.1) is 24.0 Å². The van der Waals surface area contributed by atoms with Crippen LogP contribution in [0.3, 0.4) is 0 Å². The second-order valence-electron chi connectivity index (χ2n) is 6.36. The molecule has 1 aliphatic carbocycles. The summed E-state index contributed by atoms with van der Waals surface area (Å²) >= 11 is 0. The summed E-state index contributed by atoms with van der Waals surface area (Å²) in [5.74, 6) is 1.37. The van der Waals surface area contributed by atoms with E-state index in [1.807, 2.05) is 31.1 Å². The maximum absolute atomic E-state index is 6.12. The third kappa shape index (κ3) is 4.84. The number of aliphatic imine (C=N–C) groups is 1. The van der Waals surface area contributed by atoms with Crippen LogP contribution in [0.5, 0.6) is 0 Å². The summed E-state index contributed by atoms with van der Waals surface area (Å²) in [5.41, 5.74) is 11.1. The SMILES string of the molecule is CN(C)c1ncccc1CN=C(N)Nc1cccc2c1CCCC2.I. The molecule has 0 atom stereocenters. The summed E-state index contributed by atoms with van der Waals surface area (Å²) in [6, 6.07) is 10.3. The number of nitrogens with two attached hydrogens (primary N) is 1. The van der Waals surface area contributed by atoms with Crippen molar-refractivity contribution in [1.29, 1.82) is 0 Å². The zero-order valence-corrected chi connectivity index (χ0v) is 17.2. The first kappa shape index (κ1) is 19.5. The molecule has 1 aromatic heterocycles. The molecule has 0 aliphatic heterocycles. The monoisotopic (exact) mass is 451 g/mol. The number of nitrogens with one attached hydrogen (secondary N) is 1. The summed E-state index contributed by atoms with van der Waals surface area (Å²) in [5, 5.41) is 3.28. The molecule has 134 valence electrons. The van der Waals surface area contributed by atoms with Gasteiger partial charge in [0.1, 0.15) is 5.82 Å². The molecule has 1 heterocycles. The number of nitrogens with zero attached hydrogens (tertiary/aromatic N) is 3. The van der Waals surface area contributed by atoms with Crippen molar-refractivity contribution < 1.29 is 0 Å². The van der Waals surface area contributed by atoms with Gasteiger partial charge >= 0.3 is 0 Å². The van der Waals surface area contributed by atoms with Gasteiger partial charge in [0.25, 0.3) is 0 Å². The van der Waals surface area contributed by atoms with Crippen LogP contribution in [0.15, 0.2) is 41.5 Å². The number of pyridine rings is 1. The fourth-order valence-corrected chi connectivity index (χ4v) is 3.20. The van der Waals surface area contributed by atoms with Crippen molar-refractivity contribution in [1.82, 2.24) is 4.98 Å². The zero-order valence-electron chi connectivity index (χ0n) is 14.8. The molecule has 0 saturated carbocycles. The van der Waals surface area contributed by atoms with E-state index < -0.39 is 0 Å². The number of aryl methyl sites for hydroxylation is 1. The van der Waals surface area contributed by atoms with Gasteiger partial charge in [-0.05, 0) is 48.9 Å². The maximum atomic E-state index is 6.12. The smallest absolute Gasteiger partial charge is 0.193 e. The van der Waals surface area contributed by atoms with Crippen molar-refractivity contribution in [2.75, 3.05) is 24.3 Å². The van der Waals surface area contributed by atoms with Crippen LogP contribution in [0.2, 0.25) is 0 Å². The number of hydrogen-bond acceptors (Lipinski definition) is 3. The van der Waals surface area contributed by atoms with Gasteiger partial charge in [-0.25, -0.2) is 9.98 Å². The third-order valence-electron chi connectivity index (χ3n) is 4.37. The summed E-state index contributed by atoms with van der Waals surface area (Å²) in [6.07, 6.45) is 6.57. The Morgan fingerprint density at radius 3 is 2.80 bits per heavy atom. The molecule has 0 radical (unpaired) electrons. The van der Waals surface area contributed by atoms with Crippen LogP contribution < -0.4 is 16.0 Å². The van der Waals surface area contributed by atoms with Gasteiger partial charge < -0.3 is 16.0 Å². The van der Waals surface area contributed by atoms with Gasteiger partial charge in [-0.1, -0.05) is 18.2 Å². The van der Waals surface area contributed by atoms with Crippen molar-refractivity contribution in [3.05, 3.63) is 53.2 Å². The van der Waals surface area contributed by atoms with E-state index in [1.165, 1.54) is 24.0 Å². The van der Waals surface area contributed by atoms with Crippen LogP contribution in [0.1, 0.15) is 29.5 Å². The molecule has 6 heteroatoms. The molecule has 0 saturated heterocycles. The van der Waals surface area contributed by atoms with Gasteiger partial charge in [0, 0.05) is 31.5 Å². The average Bonchev–Trinajstić information content (AvgIpc) is 2.60. The lowest BCUT2D eigenvalue weighted by Crippen LogP contribution is -2.24. The van der Waals surface area contributed by atoms with E-state index in [4.69, 9.17) is 5.73 Å². The van der Waals surface area contributed by atoms with Crippen LogP contribution in [0.25, 0.3) is 0 Å². The molecule has 1 aliphatic rings. The predicted octanol–water partition coefficient (Wildman–Crippen LogP) is 3.57. The largest absolute Gasteiger partial charge is 0.370 e. The standard InChI is InChI=1S/C19H25N5.HI/c1-24(2)18-15(9-6-12-21-18)13-22-19(20)23-17-11-5-8-14-7-3-4-10-16(14)17;/h5-6,8-9,11-12H,3-4,7,10,13H2,1-2H3,(H3,20,22,23);1H. The van der Waals surface area contributed by atoms with Crippen molar-refractivity contribution >= 4 is 41.4 Å². The van der Waals surface area contributed by atoms with E-state index in [2.05, 4.69) is 33.5 Å². The molecule has 0 unspecified atom stereocenters. The molecule has 3 N–H and O–H groups in total. The highest BCUT2D eigenvalue weighted by Gasteiger charge is 2.13. The Labute approximate surface area is 166 Å². The molecule has 1 aromatic carbocycles. The Morgan fingerprint density at radius 2 is 2.00 bits per heavy atom. The topological polar surface area (TPSA) is 66.5 Å². The van der Waals surface area contributed by atoms with Crippen LogP contribution in [-0.4, -0.2) is 25.0 Å². The van der Waals surface area contributed by atoms with Crippen molar-refractivity contribution in [3.63, 3.8) is 0 Å². The van der Waals surface area contributed by atoms with E-state index >= 15 is 0 Å². The van der Waals surface area contributed by atoms with E-state index in [0.717, 1.165) is 29.9 Å². The van der Waals surface area contributed by atoms with Crippen molar-refractivity contribution in [3.8, 4) is 0 Å². The quantitative estimate of drug-likeness (QED) is 0.424. The van der Waals surface area contributed by atoms with Gasteiger partial charge in [-0.3, -0.25) is 0 Å². The van der Waals surface area contributed by atoms with E-state index in [1.54, 1.807) is 6.20 Å². The second-order valence-corrected chi connectivity index (χ2v) is 6.36. The average molecular weight is 451 g/mol. The second kappa shape index (κ2) is 9.03. The fourth-order valence-electron chi connectivity index (χ4n) is 3.20. The number of anilines is 2. The lowest BCUT2D eigenvalue weighted by molar-refractivity contribution is 0.687. The first-order valence-corrected chi connectivity index (χ1v) is 8.44. The maximum Gasteiger partial charge on any atom is 0.193 e. The number of hydrogen-bond donors (Lipinski definition) is 2. The first-order chi connectivity index (χ1) is 11.6. The third-order valence-corrected chi connectivity index (χ3v) is 4.37. The lowest BCUT2D eigenvalue weighted by Gasteiger charge is -2.20. The molecule has 0 spiro atoms. The highest BCUT2D eigenvalue weighted by atomic mass is 127. The molecule has 5 nitrogen and oxygen atoms in total. The molecule has 25 heavy (non-hydrogen) atoms. The molecular weight excluding hydrogens is 425 g/mol. The minimum atomic E-state index is 0. The minimum absolute atomic E-state index is 0. The first-order valence-electron chi connectivity index (χ1n) is 8.44. The zero-order chi connectivity index (χ0) is 16.9. The lowest BCUT2D eigenvalue weighted by atomic mass is 9.90. The molecule has 0 bridgehead atoms. The number of rotatable bonds is 4. The Kier molecular flexibility index (Phi) is 7.04. The van der Waals surface area contributed by atoms with Crippen molar-refractivity contribution in [2.45, 2.75) is 32.2 Å². The van der Waals surface area contributed by atoms with Gasteiger partial charge in [-0.2, -0.15) is 0 Å². The number of aromatic nitrogens is 1. The Morgan fingerprint density at radius 1 is 1.20 bits per heavy atom. The Balaban J connectivity index is 0.00000225. The molecule has 2 aromatic rings. The molecular formula is C19H26IN5. The Bertz CT molecular complexity index is 742. The molecule has 0 fully saturated rings. The predicted molar refractivity (Wildman–Crippen MR) is 116 cm³/mol. The van der Waals surface area contributed by atoms with Crippen molar-refractivity contribution in [2.24, 2.45) is 10.7 Å². The highest BCUT2D eigenvalue weighted by molar-refractivity contribution is 14.0.